The van der Waals surface area contributed by atoms with Gasteiger partial charge in [0.25, 0.3) is 5.91 Å². The number of aromatic amines is 1. The molecule has 1 amide bonds. The fraction of sp³-hybridized carbons (Fsp3) is 0.160. The molecule has 0 bridgehead atoms. The van der Waals surface area contributed by atoms with Crippen molar-refractivity contribution in [2.75, 3.05) is 14.2 Å². The third kappa shape index (κ3) is 4.87. The number of fused-ring (bicyclic) bond motifs is 1. The summed E-state index contributed by atoms with van der Waals surface area (Å²) in [6.45, 7) is 4.31. The molecule has 0 saturated carbocycles. The van der Waals surface area contributed by atoms with Gasteiger partial charge >= 0.3 is 5.97 Å². The Kier molecular flexibility index (Phi) is 7.11. The van der Waals surface area contributed by atoms with Crippen LogP contribution in [-0.4, -0.2) is 52.5 Å². The van der Waals surface area contributed by atoms with Gasteiger partial charge in [-0.25, -0.2) is 0 Å². The van der Waals surface area contributed by atoms with Gasteiger partial charge in [0.05, 0.1) is 18.8 Å². The van der Waals surface area contributed by atoms with E-state index in [1.165, 1.54) is 12.1 Å². The molecule has 2 aromatic carbocycles. The Labute approximate surface area is 206 Å². The van der Waals surface area contributed by atoms with Crippen LogP contribution in [0.1, 0.15) is 17.0 Å². The monoisotopic (exact) mass is 488 g/mol. The summed E-state index contributed by atoms with van der Waals surface area (Å²) < 4.78 is 5.05. The van der Waals surface area contributed by atoms with Crippen LogP contribution in [0.5, 0.6) is 0 Å². The van der Waals surface area contributed by atoms with E-state index in [4.69, 9.17) is 10.1 Å². The van der Waals surface area contributed by atoms with Crippen LogP contribution >= 0.6 is 11.8 Å². The van der Waals surface area contributed by atoms with Crippen molar-refractivity contribution in [3.8, 4) is 0 Å². The lowest BCUT2D eigenvalue weighted by Crippen LogP contribution is -2.32. The summed E-state index contributed by atoms with van der Waals surface area (Å²) in [6.07, 6.45) is 2.79. The molecule has 0 spiro atoms. The molecule has 1 aliphatic rings. The zero-order valence-corrected chi connectivity index (χ0v) is 20.1. The summed E-state index contributed by atoms with van der Waals surface area (Å²) in [5.41, 5.74) is 2.93. The zero-order valence-electron chi connectivity index (χ0n) is 19.2. The van der Waals surface area contributed by atoms with Crippen molar-refractivity contribution >= 4 is 45.8 Å². The Morgan fingerprint density at radius 3 is 2.74 bits per heavy atom. The molecule has 1 aliphatic heterocycles. The second-order valence-corrected chi connectivity index (χ2v) is 8.81. The predicted molar refractivity (Wildman–Crippen MR) is 137 cm³/mol. The van der Waals surface area contributed by atoms with Gasteiger partial charge < -0.3 is 15.5 Å². The molecule has 1 aromatic heterocycles. The number of ether oxygens (including phenoxy) is 1. The van der Waals surface area contributed by atoms with Gasteiger partial charge in [-0.15, -0.1) is 0 Å². The van der Waals surface area contributed by atoms with Gasteiger partial charge in [0.15, 0.2) is 0 Å². The third-order valence-corrected chi connectivity index (χ3v) is 6.54. The molecule has 0 saturated heterocycles. The molecule has 9 nitrogen and oxygen atoms in total. The van der Waals surface area contributed by atoms with Crippen LogP contribution in [0, 0.1) is 5.41 Å². The summed E-state index contributed by atoms with van der Waals surface area (Å²) in [6, 6.07) is 14.8. The number of aromatic nitrogens is 2. The van der Waals surface area contributed by atoms with E-state index in [1.54, 1.807) is 13.2 Å². The lowest BCUT2D eigenvalue weighted by atomic mass is 10.0. The van der Waals surface area contributed by atoms with E-state index in [-0.39, 0.29) is 12.2 Å². The Bertz CT molecular complexity index is 1360. The number of hydrogen-bond acceptors (Lipinski definition) is 8. The fourth-order valence-corrected chi connectivity index (χ4v) is 4.86. The number of carbonyl (C=O) groups is 2. The first kappa shape index (κ1) is 24.0. The number of thioether (sulfide) groups is 1. The number of nitrogens with zero attached hydrogens (tertiary/aromatic N) is 3. The van der Waals surface area contributed by atoms with E-state index in [0.29, 0.717) is 21.1 Å². The number of esters is 1. The first-order valence-corrected chi connectivity index (χ1v) is 11.5. The summed E-state index contributed by atoms with van der Waals surface area (Å²) in [5, 5.41) is 25.1. The molecular formula is C25H24N6O3S. The molecule has 1 unspecified atom stereocenters. The van der Waals surface area contributed by atoms with Crippen molar-refractivity contribution in [1.29, 1.82) is 5.41 Å². The average Bonchev–Trinajstić information content (AvgIpc) is 3.31. The topological polar surface area (TPSA) is 124 Å². The van der Waals surface area contributed by atoms with Crippen molar-refractivity contribution in [2.24, 2.45) is 5.10 Å². The van der Waals surface area contributed by atoms with E-state index in [1.807, 2.05) is 48.5 Å². The summed E-state index contributed by atoms with van der Waals surface area (Å²) in [7, 11) is 2.92. The van der Waals surface area contributed by atoms with Crippen LogP contribution in [0.4, 0.5) is 0 Å². The summed E-state index contributed by atoms with van der Waals surface area (Å²) in [4.78, 5) is 26.5. The van der Waals surface area contributed by atoms with E-state index < -0.39 is 17.8 Å². The minimum Gasteiger partial charge on any atom is -0.468 e. The maximum Gasteiger partial charge on any atom is 0.319 e. The smallest absolute Gasteiger partial charge is 0.319 e. The minimum atomic E-state index is -0.807. The van der Waals surface area contributed by atoms with E-state index in [2.05, 4.69) is 27.2 Å². The highest BCUT2D eigenvalue weighted by molar-refractivity contribution is 8.17. The van der Waals surface area contributed by atoms with Gasteiger partial charge in [0.2, 0.25) is 0 Å². The molecule has 10 heteroatoms. The van der Waals surface area contributed by atoms with Crippen LogP contribution < -0.4 is 5.32 Å². The predicted octanol–water partition coefficient (Wildman–Crippen LogP) is 3.55. The number of likely N-dealkylation sites (N-methyl/N-ethyl adjacent to an activating group) is 1. The quantitative estimate of drug-likeness (QED) is 0.345. The van der Waals surface area contributed by atoms with Gasteiger partial charge in [0, 0.05) is 35.7 Å². The number of benzene rings is 2. The van der Waals surface area contributed by atoms with E-state index in [0.717, 1.165) is 34.4 Å². The molecule has 1 atom stereocenters. The average molecular weight is 489 g/mol. The molecule has 0 radical (unpaired) electrons. The second-order valence-electron chi connectivity index (χ2n) is 7.69. The molecule has 178 valence electrons. The fourth-order valence-electron chi connectivity index (χ4n) is 3.83. The van der Waals surface area contributed by atoms with Crippen molar-refractivity contribution in [3.05, 3.63) is 88.6 Å². The van der Waals surface area contributed by atoms with Crippen molar-refractivity contribution in [3.63, 3.8) is 0 Å². The maximum atomic E-state index is 13.3. The van der Waals surface area contributed by atoms with E-state index in [9.17, 15) is 9.59 Å². The maximum absolute atomic E-state index is 13.3. The number of carbonyl (C=O) groups excluding carboxylic acids is 2. The lowest BCUT2D eigenvalue weighted by Gasteiger charge is -2.20. The molecule has 0 fully saturated rings. The molecule has 4 rings (SSSR count). The van der Waals surface area contributed by atoms with Gasteiger partial charge in [-0.3, -0.25) is 19.7 Å². The Morgan fingerprint density at radius 1 is 1.26 bits per heavy atom. The number of methoxy groups -OCH3 is 1. The Hall–Kier alpha value is -4.18. The van der Waals surface area contributed by atoms with Crippen LogP contribution in [0.15, 0.2) is 82.6 Å². The van der Waals surface area contributed by atoms with Gasteiger partial charge in [-0.1, -0.05) is 60.8 Å². The van der Waals surface area contributed by atoms with Crippen molar-refractivity contribution in [1.82, 2.24) is 20.5 Å². The third-order valence-electron chi connectivity index (χ3n) is 5.55. The first-order chi connectivity index (χ1) is 16.9. The largest absolute Gasteiger partial charge is 0.468 e. The summed E-state index contributed by atoms with van der Waals surface area (Å²) in [5.74, 6) is -1.72. The van der Waals surface area contributed by atoms with Crippen LogP contribution in [0.25, 0.3) is 10.9 Å². The minimum absolute atomic E-state index is 0.156. The number of nitrogens with one attached hydrogen (secondary N) is 3. The summed E-state index contributed by atoms with van der Waals surface area (Å²) >= 11 is 1.14. The zero-order chi connectivity index (χ0) is 24.9. The van der Waals surface area contributed by atoms with Crippen LogP contribution in [0.2, 0.25) is 0 Å². The Morgan fingerprint density at radius 2 is 2.03 bits per heavy atom. The van der Waals surface area contributed by atoms with E-state index >= 15 is 0 Å². The highest BCUT2D eigenvalue weighted by atomic mass is 32.2. The van der Waals surface area contributed by atoms with Crippen molar-refractivity contribution < 1.29 is 14.3 Å². The molecular weight excluding hydrogens is 464 g/mol. The number of rotatable bonds is 7. The normalized spacial score (nSPS) is 14.9. The number of hydrazone groups is 1. The molecule has 3 N–H and O–H groups in total. The van der Waals surface area contributed by atoms with Gasteiger partial charge in [-0.05, 0) is 17.2 Å². The standard InChI is InChI=1S/C25H24N6O3S/c1-15-18(12-26)22(23(32)27-13-17-10-7-11-20-19(17)14-28-29-20)31(2)30-24(35-15)21(25(33)34-3)16-8-5-4-6-9-16/h4-12,14,21,26H,1,13H2,2-3H3,(H,27,32)(H,28,29). The molecule has 0 aliphatic carbocycles. The lowest BCUT2D eigenvalue weighted by molar-refractivity contribution is -0.140. The molecule has 3 aromatic rings. The van der Waals surface area contributed by atoms with Crippen LogP contribution in [-0.2, 0) is 20.9 Å². The Balaban J connectivity index is 1.65. The molecule has 35 heavy (non-hydrogen) atoms. The number of H-pyrrole nitrogens is 1. The number of amides is 1. The first-order valence-electron chi connectivity index (χ1n) is 10.7. The number of allylic oxidation sites excluding steroid dienone is 1. The van der Waals surface area contributed by atoms with Gasteiger partial charge in [-0.2, -0.15) is 10.2 Å². The SMILES string of the molecule is C=C1SC(C(C(=O)OC)c2ccccc2)=NN(C)C(C(=O)NCc2cccc3[nH]ncc23)=C1C=N. The van der Waals surface area contributed by atoms with Crippen LogP contribution in [0.3, 0.4) is 0 Å². The van der Waals surface area contributed by atoms with Crippen molar-refractivity contribution in [2.45, 2.75) is 12.5 Å². The highest BCUT2D eigenvalue weighted by Gasteiger charge is 2.33. The highest BCUT2D eigenvalue weighted by Crippen LogP contribution is 2.36. The molecule has 2 heterocycles. The van der Waals surface area contributed by atoms with Gasteiger partial charge in [0.1, 0.15) is 16.7 Å². The number of hydrogen-bond donors (Lipinski definition) is 3. The second kappa shape index (κ2) is 10.4.